The van der Waals surface area contributed by atoms with Crippen LogP contribution in [0.5, 0.6) is 0 Å². The summed E-state index contributed by atoms with van der Waals surface area (Å²) in [5.41, 5.74) is 1.27. The normalized spacial score (nSPS) is 12.3. The molecule has 0 bridgehead atoms. The van der Waals surface area contributed by atoms with E-state index >= 15 is 0 Å². The van der Waals surface area contributed by atoms with Gasteiger partial charge in [-0.15, -0.1) is 11.6 Å². The van der Waals surface area contributed by atoms with Crippen molar-refractivity contribution >= 4 is 35.0 Å². The summed E-state index contributed by atoms with van der Waals surface area (Å²) < 4.78 is 4.95. The molecule has 0 aliphatic rings. The number of ketones is 1. The van der Waals surface area contributed by atoms with Gasteiger partial charge in [0.05, 0.1) is 12.5 Å². The lowest BCUT2D eigenvalue weighted by Gasteiger charge is -2.11. The average Bonchev–Trinajstić information content (AvgIpc) is 2.30. The molecule has 104 valence electrons. The third kappa shape index (κ3) is 4.84. The van der Waals surface area contributed by atoms with Gasteiger partial charge in [-0.1, -0.05) is 23.7 Å². The zero-order valence-electron chi connectivity index (χ0n) is 11.1. The van der Waals surface area contributed by atoms with Crippen LogP contribution in [0.15, 0.2) is 18.2 Å². The predicted octanol–water partition coefficient (Wildman–Crippen LogP) is 3.78. The number of benzene rings is 1. The smallest absolute Gasteiger partial charge is 0.308 e. The standard InChI is InChI=1S/C14H16Cl2O3/c1-8(2)19-13(17)7-12(16)14(18)10-5-4-9(3)11(15)6-10/h4-6,8,12H,7H2,1-3H3. The molecule has 1 aromatic rings. The third-order valence-corrected chi connectivity index (χ3v) is 3.21. The molecule has 0 aliphatic carbocycles. The van der Waals surface area contributed by atoms with E-state index in [1.807, 2.05) is 6.92 Å². The van der Waals surface area contributed by atoms with Crippen molar-refractivity contribution in [1.29, 1.82) is 0 Å². The largest absolute Gasteiger partial charge is 0.463 e. The maximum Gasteiger partial charge on any atom is 0.308 e. The molecule has 1 atom stereocenters. The second kappa shape index (κ2) is 6.92. The number of hydrogen-bond acceptors (Lipinski definition) is 3. The first kappa shape index (κ1) is 16.0. The molecular weight excluding hydrogens is 287 g/mol. The van der Waals surface area contributed by atoms with E-state index in [0.717, 1.165) is 5.56 Å². The molecule has 0 fully saturated rings. The molecule has 19 heavy (non-hydrogen) atoms. The lowest BCUT2D eigenvalue weighted by atomic mass is 10.0. The molecular formula is C14H16Cl2O3. The number of hydrogen-bond donors (Lipinski definition) is 0. The van der Waals surface area contributed by atoms with Gasteiger partial charge in [0.25, 0.3) is 0 Å². The number of Topliss-reactive ketones (excluding diaryl/α,β-unsaturated/α-hetero) is 1. The molecule has 0 radical (unpaired) electrons. The quantitative estimate of drug-likeness (QED) is 0.472. The van der Waals surface area contributed by atoms with Crippen molar-refractivity contribution in [1.82, 2.24) is 0 Å². The summed E-state index contributed by atoms with van der Waals surface area (Å²) in [4.78, 5) is 23.5. The van der Waals surface area contributed by atoms with E-state index in [2.05, 4.69) is 0 Å². The Labute approximate surface area is 122 Å². The van der Waals surface area contributed by atoms with Gasteiger partial charge in [0, 0.05) is 10.6 Å². The second-order valence-electron chi connectivity index (χ2n) is 4.54. The Kier molecular flexibility index (Phi) is 5.83. The van der Waals surface area contributed by atoms with Crippen LogP contribution in [0.1, 0.15) is 36.2 Å². The zero-order chi connectivity index (χ0) is 14.6. The Bertz CT molecular complexity index is 484. The van der Waals surface area contributed by atoms with Crippen molar-refractivity contribution in [2.45, 2.75) is 38.7 Å². The molecule has 0 saturated heterocycles. The summed E-state index contributed by atoms with van der Waals surface area (Å²) in [5.74, 6) is -0.814. The number of carbonyl (C=O) groups is 2. The molecule has 0 aromatic heterocycles. The van der Waals surface area contributed by atoms with Crippen molar-refractivity contribution in [3.05, 3.63) is 34.3 Å². The minimum Gasteiger partial charge on any atom is -0.463 e. The number of rotatable bonds is 5. The third-order valence-electron chi connectivity index (χ3n) is 2.45. The number of ether oxygens (including phenoxy) is 1. The molecule has 1 unspecified atom stereocenters. The Morgan fingerprint density at radius 1 is 1.32 bits per heavy atom. The number of halogens is 2. The van der Waals surface area contributed by atoms with Gasteiger partial charge in [-0.05, 0) is 32.4 Å². The molecule has 0 N–H and O–H groups in total. The van der Waals surface area contributed by atoms with Crippen molar-refractivity contribution in [2.75, 3.05) is 0 Å². The maximum atomic E-state index is 12.0. The Morgan fingerprint density at radius 2 is 1.95 bits per heavy atom. The van der Waals surface area contributed by atoms with Gasteiger partial charge in [-0.2, -0.15) is 0 Å². The van der Waals surface area contributed by atoms with E-state index in [9.17, 15) is 9.59 Å². The zero-order valence-corrected chi connectivity index (χ0v) is 12.6. The van der Waals surface area contributed by atoms with Gasteiger partial charge in [0.1, 0.15) is 5.38 Å². The van der Waals surface area contributed by atoms with Crippen molar-refractivity contribution in [3.63, 3.8) is 0 Å². The molecule has 0 spiro atoms. The van der Waals surface area contributed by atoms with Crippen LogP contribution in [0.2, 0.25) is 5.02 Å². The molecule has 3 nitrogen and oxygen atoms in total. The molecule has 1 rings (SSSR count). The summed E-state index contributed by atoms with van der Waals surface area (Å²) in [6.07, 6.45) is -0.371. The second-order valence-corrected chi connectivity index (χ2v) is 5.47. The SMILES string of the molecule is Cc1ccc(C(=O)C(Cl)CC(=O)OC(C)C)cc1Cl. The van der Waals surface area contributed by atoms with E-state index in [1.54, 1.807) is 32.0 Å². The molecule has 0 heterocycles. The molecule has 5 heteroatoms. The van der Waals surface area contributed by atoms with Crippen molar-refractivity contribution in [2.24, 2.45) is 0 Å². The molecule has 1 aromatic carbocycles. The lowest BCUT2D eigenvalue weighted by molar-refractivity contribution is -0.147. The minimum atomic E-state index is -0.940. The van der Waals surface area contributed by atoms with Crippen LogP contribution in [-0.4, -0.2) is 23.2 Å². The Hall–Kier alpha value is -1.06. The lowest BCUT2D eigenvalue weighted by Crippen LogP contribution is -2.22. The summed E-state index contributed by atoms with van der Waals surface area (Å²) in [5, 5.41) is -0.440. The topological polar surface area (TPSA) is 43.4 Å². The highest BCUT2D eigenvalue weighted by Crippen LogP contribution is 2.20. The van der Waals surface area contributed by atoms with Gasteiger partial charge < -0.3 is 4.74 Å². The van der Waals surface area contributed by atoms with E-state index in [-0.39, 0.29) is 18.3 Å². The summed E-state index contributed by atoms with van der Waals surface area (Å²) >= 11 is 11.9. The number of carbonyl (C=O) groups excluding carboxylic acids is 2. The monoisotopic (exact) mass is 302 g/mol. The minimum absolute atomic E-state index is 0.149. The van der Waals surface area contributed by atoms with Crippen LogP contribution < -0.4 is 0 Å². The highest BCUT2D eigenvalue weighted by atomic mass is 35.5. The fourth-order valence-electron chi connectivity index (χ4n) is 1.48. The first-order valence-corrected chi connectivity index (χ1v) is 6.76. The summed E-state index contributed by atoms with van der Waals surface area (Å²) in [6.45, 7) is 5.32. The van der Waals surface area contributed by atoms with E-state index in [0.29, 0.717) is 10.6 Å². The van der Waals surface area contributed by atoms with Crippen LogP contribution in [0.3, 0.4) is 0 Å². The Morgan fingerprint density at radius 3 is 2.47 bits per heavy atom. The summed E-state index contributed by atoms with van der Waals surface area (Å²) in [6, 6.07) is 4.95. The van der Waals surface area contributed by atoms with Gasteiger partial charge in [0.15, 0.2) is 5.78 Å². The fourth-order valence-corrected chi connectivity index (χ4v) is 1.91. The fraction of sp³-hybridized carbons (Fsp3) is 0.429. The van der Waals surface area contributed by atoms with Gasteiger partial charge in [-0.3, -0.25) is 9.59 Å². The van der Waals surface area contributed by atoms with Crippen molar-refractivity contribution < 1.29 is 14.3 Å². The first-order chi connectivity index (χ1) is 8.81. The van der Waals surface area contributed by atoms with E-state index < -0.39 is 11.3 Å². The highest BCUT2D eigenvalue weighted by Gasteiger charge is 2.22. The average molecular weight is 303 g/mol. The summed E-state index contributed by atoms with van der Waals surface area (Å²) in [7, 11) is 0. The predicted molar refractivity (Wildman–Crippen MR) is 76.0 cm³/mol. The van der Waals surface area contributed by atoms with E-state index in [4.69, 9.17) is 27.9 Å². The van der Waals surface area contributed by atoms with Crippen LogP contribution >= 0.6 is 23.2 Å². The van der Waals surface area contributed by atoms with Gasteiger partial charge in [-0.25, -0.2) is 0 Å². The first-order valence-electron chi connectivity index (χ1n) is 5.95. The van der Waals surface area contributed by atoms with Gasteiger partial charge in [0.2, 0.25) is 0 Å². The van der Waals surface area contributed by atoms with Crippen LogP contribution in [-0.2, 0) is 9.53 Å². The van der Waals surface area contributed by atoms with Gasteiger partial charge >= 0.3 is 5.97 Å². The molecule has 0 amide bonds. The Balaban J connectivity index is 2.71. The van der Waals surface area contributed by atoms with Crippen LogP contribution in [0.4, 0.5) is 0 Å². The molecule has 0 saturated carbocycles. The van der Waals surface area contributed by atoms with Crippen LogP contribution in [0, 0.1) is 6.92 Å². The van der Waals surface area contributed by atoms with Crippen LogP contribution in [0.25, 0.3) is 0 Å². The highest BCUT2D eigenvalue weighted by molar-refractivity contribution is 6.35. The number of aryl methyl sites for hydroxylation is 1. The number of esters is 1. The number of alkyl halides is 1. The molecule has 0 aliphatic heterocycles. The van der Waals surface area contributed by atoms with E-state index in [1.165, 1.54) is 0 Å². The van der Waals surface area contributed by atoms with Crippen molar-refractivity contribution in [3.8, 4) is 0 Å². The maximum absolute atomic E-state index is 12.0.